The summed E-state index contributed by atoms with van der Waals surface area (Å²) in [7, 11) is 17.5. The van der Waals surface area contributed by atoms with E-state index in [0.29, 0.717) is 0 Å². The first-order valence-corrected chi connectivity index (χ1v) is 16.2. The van der Waals surface area contributed by atoms with Gasteiger partial charge in [-0.15, -0.1) is 0 Å². The first-order valence-electron chi connectivity index (χ1n) is 3.33. The molecule has 0 aliphatic carbocycles. The molecule has 0 saturated carbocycles. The molecule has 0 aliphatic rings. The van der Waals surface area contributed by atoms with Crippen LogP contribution in [0.5, 0.6) is 0 Å². The third-order valence-electron chi connectivity index (χ3n) is 1.64. The Morgan fingerprint density at radius 1 is 1.20 bits per heavy atom. The first-order chi connectivity index (χ1) is 4.27. The second kappa shape index (κ2) is 4.06. The molecule has 0 rings (SSSR count). The second-order valence-electron chi connectivity index (χ2n) is 3.31. The third-order valence-corrected chi connectivity index (χ3v) is 8.20. The van der Waals surface area contributed by atoms with Crippen molar-refractivity contribution in [2.75, 3.05) is 0 Å². The predicted molar refractivity (Wildman–Crippen MR) is 52.2 cm³/mol. The van der Waals surface area contributed by atoms with E-state index in [1.165, 1.54) is 0 Å². The van der Waals surface area contributed by atoms with Crippen LogP contribution in [0.3, 0.4) is 0 Å². The number of hydrogen-bond acceptors (Lipinski definition) is 0. The molecular weight excluding hydrogens is 297 g/mol. The van der Waals surface area contributed by atoms with Gasteiger partial charge in [0, 0.05) is 0 Å². The third kappa shape index (κ3) is 6.38. The Kier molecular flexibility index (Phi) is 4.74. The van der Waals surface area contributed by atoms with E-state index in [1.54, 1.807) is 0 Å². The Labute approximate surface area is 78.2 Å². The molecule has 0 saturated heterocycles. The molecule has 10 heavy (non-hydrogen) atoms. The van der Waals surface area contributed by atoms with Gasteiger partial charge >= 0.3 is 78.8 Å². The monoisotopic (exact) mass is 310 g/mol. The van der Waals surface area contributed by atoms with E-state index in [9.17, 15) is 0 Å². The van der Waals surface area contributed by atoms with Gasteiger partial charge in [0.2, 0.25) is 0 Å². The van der Waals surface area contributed by atoms with E-state index in [2.05, 4.69) is 20.8 Å². The van der Waals surface area contributed by atoms with Crippen LogP contribution in [0.25, 0.3) is 0 Å². The van der Waals surface area contributed by atoms with Gasteiger partial charge in [-0.1, -0.05) is 0 Å². The number of rotatable bonds is 3. The summed E-state index contributed by atoms with van der Waals surface area (Å²) in [5, 5.41) is 0. The van der Waals surface area contributed by atoms with Gasteiger partial charge in [-0.05, 0) is 0 Å². The van der Waals surface area contributed by atoms with Crippen molar-refractivity contribution in [2.45, 2.75) is 31.6 Å². The van der Waals surface area contributed by atoms with Crippen LogP contribution in [0, 0.1) is 5.41 Å². The van der Waals surface area contributed by atoms with Crippen LogP contribution in [-0.2, 0) is 0 Å². The van der Waals surface area contributed by atoms with E-state index >= 15 is 0 Å². The van der Waals surface area contributed by atoms with Gasteiger partial charge in [-0.2, -0.15) is 0 Å². The standard InChI is InChI=1S/C6H13.3ClH.Sn/c1-5-6(2,3)4;;;;/h2,5H2,1,3-4H3;3*1H;/q;;;;+3/p-3. The van der Waals surface area contributed by atoms with Gasteiger partial charge in [0.15, 0.2) is 0 Å². The molecule has 0 N–H and O–H groups in total. The van der Waals surface area contributed by atoms with Crippen molar-refractivity contribution in [3.63, 3.8) is 0 Å². The zero-order valence-electron chi connectivity index (χ0n) is 6.55. The normalized spacial score (nSPS) is 13.8. The van der Waals surface area contributed by atoms with Gasteiger partial charge in [0.1, 0.15) is 0 Å². The predicted octanol–water partition coefficient (Wildman–Crippen LogP) is 4.08. The SMILES string of the molecule is CCC(C)(C)[CH2][Sn]([Cl])([Cl])[Cl]. The maximum absolute atomic E-state index is 5.84. The van der Waals surface area contributed by atoms with Crippen LogP contribution in [0.1, 0.15) is 27.2 Å². The Balaban J connectivity index is 3.89. The summed E-state index contributed by atoms with van der Waals surface area (Å²) >= 11 is -3.06. The quantitative estimate of drug-likeness (QED) is 0.689. The van der Waals surface area contributed by atoms with Gasteiger partial charge in [-0.25, -0.2) is 0 Å². The Hall–Kier alpha value is 1.67. The van der Waals surface area contributed by atoms with Gasteiger partial charge < -0.3 is 0 Å². The maximum atomic E-state index is 5.84. The second-order valence-corrected chi connectivity index (χ2v) is 24.7. The van der Waals surface area contributed by atoms with E-state index in [-0.39, 0.29) is 5.41 Å². The summed E-state index contributed by atoms with van der Waals surface area (Å²) in [5.41, 5.74) is 0.224. The summed E-state index contributed by atoms with van der Waals surface area (Å²) in [6.07, 6.45) is 1.08. The van der Waals surface area contributed by atoms with E-state index < -0.39 is 15.0 Å². The number of halogens is 3. The molecular formula is C6H13Cl3Sn. The molecule has 0 unspecified atom stereocenters. The first kappa shape index (κ1) is 11.7. The molecule has 62 valence electrons. The van der Waals surface area contributed by atoms with Crippen molar-refractivity contribution in [3.05, 3.63) is 0 Å². The average Bonchev–Trinajstić information content (AvgIpc) is 1.60. The van der Waals surface area contributed by atoms with Crippen molar-refractivity contribution < 1.29 is 0 Å². The Morgan fingerprint density at radius 2 is 1.60 bits per heavy atom. The van der Waals surface area contributed by atoms with Gasteiger partial charge in [0.25, 0.3) is 0 Å². The fourth-order valence-corrected chi connectivity index (χ4v) is 11.8. The summed E-state index contributed by atoms with van der Waals surface area (Å²) in [4.78, 5) is 0. The molecule has 0 amide bonds. The average molecular weight is 310 g/mol. The molecule has 0 atom stereocenters. The van der Waals surface area contributed by atoms with Crippen molar-refractivity contribution in [3.8, 4) is 0 Å². The topological polar surface area (TPSA) is 0 Å². The van der Waals surface area contributed by atoms with Crippen LogP contribution in [0.2, 0.25) is 4.44 Å². The Morgan fingerprint density at radius 3 is 1.70 bits per heavy atom. The molecule has 0 aromatic carbocycles. The summed E-state index contributed by atoms with van der Waals surface area (Å²) < 4.78 is 0.822. The Bertz CT molecular complexity index is 106. The molecule has 0 nitrogen and oxygen atoms in total. The van der Waals surface area contributed by atoms with Gasteiger partial charge in [-0.3, -0.25) is 0 Å². The molecule has 0 heterocycles. The van der Waals surface area contributed by atoms with Crippen LogP contribution >= 0.6 is 26.8 Å². The molecule has 0 aliphatic heterocycles. The molecule has 0 radical (unpaired) electrons. The van der Waals surface area contributed by atoms with Crippen LogP contribution in [0.4, 0.5) is 0 Å². The van der Waals surface area contributed by atoms with Crippen LogP contribution in [0.15, 0.2) is 0 Å². The summed E-state index contributed by atoms with van der Waals surface area (Å²) in [6.45, 7) is 6.42. The minimum atomic E-state index is -3.06. The van der Waals surface area contributed by atoms with Gasteiger partial charge in [0.05, 0.1) is 0 Å². The van der Waals surface area contributed by atoms with E-state index in [4.69, 9.17) is 26.8 Å². The molecule has 0 aromatic heterocycles. The van der Waals surface area contributed by atoms with Crippen LogP contribution < -0.4 is 0 Å². The van der Waals surface area contributed by atoms with Crippen molar-refractivity contribution in [2.24, 2.45) is 5.41 Å². The van der Waals surface area contributed by atoms with Crippen molar-refractivity contribution >= 4 is 41.8 Å². The molecule has 0 spiro atoms. The minimum absolute atomic E-state index is 0.224. The summed E-state index contributed by atoms with van der Waals surface area (Å²) in [5.74, 6) is 0. The molecule has 0 bridgehead atoms. The van der Waals surface area contributed by atoms with E-state index in [0.717, 1.165) is 10.9 Å². The summed E-state index contributed by atoms with van der Waals surface area (Å²) in [6, 6.07) is 0. The zero-order valence-corrected chi connectivity index (χ0v) is 11.7. The molecule has 0 aromatic rings. The molecule has 4 heteroatoms. The zero-order chi connectivity index (χ0) is 8.41. The van der Waals surface area contributed by atoms with Crippen LogP contribution in [-0.4, -0.2) is 15.0 Å². The van der Waals surface area contributed by atoms with Crippen molar-refractivity contribution in [1.29, 1.82) is 0 Å². The fraction of sp³-hybridized carbons (Fsp3) is 1.00. The van der Waals surface area contributed by atoms with E-state index in [1.807, 2.05) is 0 Å². The number of hydrogen-bond donors (Lipinski definition) is 0. The molecule has 0 fully saturated rings. The fourth-order valence-electron chi connectivity index (χ4n) is 0.668. The van der Waals surface area contributed by atoms with Crippen molar-refractivity contribution in [1.82, 2.24) is 0 Å².